The number of aromatic nitrogens is 1. The van der Waals surface area contributed by atoms with E-state index < -0.39 is 0 Å². The minimum atomic E-state index is -0.132. The van der Waals surface area contributed by atoms with Crippen molar-refractivity contribution in [2.45, 2.75) is 44.6 Å². The number of aliphatic hydroxyl groups excluding tert-OH is 1. The number of nitrogens with one attached hydrogen (secondary N) is 1. The Bertz CT molecular complexity index is 774. The zero-order valence-electron chi connectivity index (χ0n) is 17.5. The van der Waals surface area contributed by atoms with Crippen LogP contribution in [0.25, 0.3) is 0 Å². The summed E-state index contributed by atoms with van der Waals surface area (Å²) in [5.74, 6) is 1.00. The summed E-state index contributed by atoms with van der Waals surface area (Å²) >= 11 is 0. The molecule has 1 spiro atoms. The van der Waals surface area contributed by atoms with Crippen LogP contribution in [0.4, 0.5) is 10.6 Å². The Kier molecular flexibility index (Phi) is 5.74. The van der Waals surface area contributed by atoms with E-state index in [4.69, 9.17) is 4.98 Å². The number of carbonyl (C=O) groups is 1. The van der Waals surface area contributed by atoms with Gasteiger partial charge in [-0.3, -0.25) is 4.90 Å². The molecule has 2 N–H and O–H groups in total. The van der Waals surface area contributed by atoms with E-state index in [-0.39, 0.29) is 24.1 Å². The maximum Gasteiger partial charge on any atom is 0.326 e. The topological polar surface area (TPSA) is 84.3 Å². The van der Waals surface area contributed by atoms with Crippen LogP contribution in [0.5, 0.6) is 0 Å². The summed E-state index contributed by atoms with van der Waals surface area (Å²) in [7, 11) is 0. The lowest BCUT2D eigenvalue weighted by molar-refractivity contribution is 0.0705. The van der Waals surface area contributed by atoms with Crippen molar-refractivity contribution >= 4 is 18.1 Å². The van der Waals surface area contributed by atoms with Crippen LogP contribution in [-0.2, 0) is 6.42 Å². The number of aryl methyl sites for hydroxylation is 1. The van der Waals surface area contributed by atoms with Gasteiger partial charge in [-0.2, -0.15) is 5.10 Å². The smallest absolute Gasteiger partial charge is 0.326 e. The van der Waals surface area contributed by atoms with Crippen LogP contribution in [-0.4, -0.2) is 83.6 Å². The average molecular weight is 401 g/mol. The van der Waals surface area contributed by atoms with Crippen LogP contribution in [0.15, 0.2) is 17.2 Å². The summed E-state index contributed by atoms with van der Waals surface area (Å²) < 4.78 is 0. The zero-order valence-corrected chi connectivity index (χ0v) is 17.5. The molecule has 0 radical (unpaired) electrons. The standard InChI is InChI=1S/C21H32N6O2/c1-3-18-17(16-13-22-23-14-16)5-6-19(24-18)26-15-21(27(4-2)20(26)29)7-9-25(10-8-21)11-12-28/h5-6,13,16,23,28H,3-4,7-12,14-15H2,1-2H3. The van der Waals surface area contributed by atoms with Gasteiger partial charge in [-0.05, 0) is 37.8 Å². The Balaban J connectivity index is 1.57. The number of pyridine rings is 1. The molecule has 4 heterocycles. The van der Waals surface area contributed by atoms with Gasteiger partial charge in [0.15, 0.2) is 0 Å². The highest BCUT2D eigenvalue weighted by Crippen LogP contribution is 2.38. The molecule has 29 heavy (non-hydrogen) atoms. The van der Waals surface area contributed by atoms with Crippen LogP contribution >= 0.6 is 0 Å². The summed E-state index contributed by atoms with van der Waals surface area (Å²) in [6.45, 7) is 9.09. The van der Waals surface area contributed by atoms with E-state index in [1.807, 2.05) is 22.1 Å². The lowest BCUT2D eigenvalue weighted by Gasteiger charge is -2.43. The first kappa shape index (κ1) is 20.1. The maximum absolute atomic E-state index is 13.3. The van der Waals surface area contributed by atoms with Crippen molar-refractivity contribution in [3.05, 3.63) is 23.4 Å². The number of aliphatic hydroxyl groups is 1. The van der Waals surface area contributed by atoms with E-state index in [0.29, 0.717) is 19.6 Å². The highest BCUT2D eigenvalue weighted by atomic mass is 16.3. The molecule has 2 fully saturated rings. The molecule has 8 heteroatoms. The molecule has 2 amide bonds. The van der Waals surface area contributed by atoms with Gasteiger partial charge in [0.25, 0.3) is 0 Å². The molecule has 3 aliphatic heterocycles. The lowest BCUT2D eigenvalue weighted by Crippen LogP contribution is -2.54. The Morgan fingerprint density at radius 3 is 2.69 bits per heavy atom. The quantitative estimate of drug-likeness (QED) is 0.754. The second-order valence-electron chi connectivity index (χ2n) is 8.21. The molecule has 4 rings (SSSR count). The van der Waals surface area contributed by atoms with Crippen LogP contribution in [0.1, 0.15) is 43.9 Å². The predicted molar refractivity (Wildman–Crippen MR) is 113 cm³/mol. The second-order valence-corrected chi connectivity index (χ2v) is 8.21. The molecule has 1 unspecified atom stereocenters. The summed E-state index contributed by atoms with van der Waals surface area (Å²) in [5, 5.41) is 13.4. The highest BCUT2D eigenvalue weighted by Gasteiger charge is 2.50. The summed E-state index contributed by atoms with van der Waals surface area (Å²) in [4.78, 5) is 24.4. The monoisotopic (exact) mass is 400 g/mol. The fourth-order valence-electron chi connectivity index (χ4n) is 5.02. The number of piperidine rings is 1. The number of amides is 2. The van der Waals surface area contributed by atoms with Crippen molar-refractivity contribution in [2.75, 3.05) is 50.8 Å². The molecular weight excluding hydrogens is 368 g/mol. The van der Waals surface area contributed by atoms with Gasteiger partial charge >= 0.3 is 6.03 Å². The Labute approximate surface area is 172 Å². The van der Waals surface area contributed by atoms with E-state index in [0.717, 1.165) is 50.4 Å². The number of hydrazone groups is 1. The Morgan fingerprint density at radius 2 is 2.07 bits per heavy atom. The average Bonchev–Trinajstić information content (AvgIpc) is 3.36. The van der Waals surface area contributed by atoms with Gasteiger partial charge in [-0.1, -0.05) is 13.0 Å². The molecule has 8 nitrogen and oxygen atoms in total. The lowest BCUT2D eigenvalue weighted by atomic mass is 9.86. The zero-order chi connectivity index (χ0) is 20.4. The van der Waals surface area contributed by atoms with E-state index in [2.05, 4.69) is 35.3 Å². The number of urea groups is 1. The van der Waals surface area contributed by atoms with Crippen LogP contribution in [0, 0.1) is 0 Å². The molecule has 1 atom stereocenters. The van der Waals surface area contributed by atoms with Crippen molar-refractivity contribution in [2.24, 2.45) is 5.10 Å². The molecule has 1 aromatic heterocycles. The maximum atomic E-state index is 13.3. The summed E-state index contributed by atoms with van der Waals surface area (Å²) in [6, 6.07) is 4.17. The summed E-state index contributed by atoms with van der Waals surface area (Å²) in [5.41, 5.74) is 5.11. The largest absolute Gasteiger partial charge is 0.395 e. The predicted octanol–water partition coefficient (Wildman–Crippen LogP) is 1.41. The van der Waals surface area contributed by atoms with Crippen LogP contribution in [0.3, 0.4) is 0 Å². The van der Waals surface area contributed by atoms with Crippen molar-refractivity contribution < 1.29 is 9.90 Å². The van der Waals surface area contributed by atoms with Gasteiger partial charge in [0.05, 0.1) is 18.7 Å². The van der Waals surface area contributed by atoms with Crippen molar-refractivity contribution in [3.63, 3.8) is 0 Å². The van der Waals surface area contributed by atoms with Gasteiger partial charge in [0.2, 0.25) is 0 Å². The van der Waals surface area contributed by atoms with Crippen LogP contribution < -0.4 is 10.3 Å². The summed E-state index contributed by atoms with van der Waals surface area (Å²) in [6.07, 6.45) is 4.64. The molecule has 3 aliphatic rings. The fraction of sp³-hybridized carbons (Fsp3) is 0.667. The van der Waals surface area contributed by atoms with E-state index in [1.165, 1.54) is 5.56 Å². The van der Waals surface area contributed by atoms with Gasteiger partial charge in [-0.25, -0.2) is 9.78 Å². The third kappa shape index (κ3) is 3.59. The number of β-amino-alcohol motifs (C(OH)–C–C–N with tert-alkyl or cyclic N) is 1. The second kappa shape index (κ2) is 8.28. The highest BCUT2D eigenvalue weighted by molar-refractivity contribution is 5.94. The number of nitrogens with zero attached hydrogens (tertiary/aromatic N) is 5. The molecule has 2 saturated heterocycles. The van der Waals surface area contributed by atoms with Crippen molar-refractivity contribution in [1.82, 2.24) is 20.2 Å². The van der Waals surface area contributed by atoms with E-state index >= 15 is 0 Å². The number of rotatable bonds is 6. The molecular formula is C21H32N6O2. The van der Waals surface area contributed by atoms with Crippen molar-refractivity contribution in [1.29, 1.82) is 0 Å². The molecule has 0 saturated carbocycles. The number of anilines is 1. The first-order valence-electron chi connectivity index (χ1n) is 10.8. The van der Waals surface area contributed by atoms with E-state index in [9.17, 15) is 9.90 Å². The first-order valence-corrected chi connectivity index (χ1v) is 10.8. The minimum Gasteiger partial charge on any atom is -0.395 e. The Morgan fingerprint density at radius 1 is 1.28 bits per heavy atom. The van der Waals surface area contributed by atoms with E-state index in [1.54, 1.807) is 0 Å². The van der Waals surface area contributed by atoms with Gasteiger partial charge in [-0.15, -0.1) is 0 Å². The first-order chi connectivity index (χ1) is 14.1. The number of likely N-dealkylation sites (N-methyl/N-ethyl adjacent to an activating group) is 1. The minimum absolute atomic E-state index is 0.0644. The third-order valence-corrected chi connectivity index (χ3v) is 6.67. The van der Waals surface area contributed by atoms with Crippen LogP contribution in [0.2, 0.25) is 0 Å². The number of likely N-dealkylation sites (tertiary alicyclic amines) is 1. The number of carbonyl (C=O) groups excluding carboxylic acids is 1. The SMILES string of the molecule is CCc1nc(N2CC3(CCN(CCO)CC3)N(CC)C2=O)ccc1C1C=NNC1. The third-order valence-electron chi connectivity index (χ3n) is 6.67. The Hall–Kier alpha value is -2.19. The fourth-order valence-corrected chi connectivity index (χ4v) is 5.02. The molecule has 158 valence electrons. The molecule has 0 aromatic carbocycles. The molecule has 0 bridgehead atoms. The number of hydrogen-bond donors (Lipinski definition) is 2. The normalized spacial score (nSPS) is 24.0. The molecule has 1 aromatic rings. The van der Waals surface area contributed by atoms with Crippen molar-refractivity contribution in [3.8, 4) is 0 Å². The molecule has 0 aliphatic carbocycles. The van der Waals surface area contributed by atoms with Gasteiger partial charge in [0.1, 0.15) is 5.82 Å². The van der Waals surface area contributed by atoms with Gasteiger partial charge < -0.3 is 20.3 Å². The number of hydrogen-bond acceptors (Lipinski definition) is 6. The van der Waals surface area contributed by atoms with Gasteiger partial charge in [0, 0.05) is 50.6 Å².